The first-order valence-corrected chi connectivity index (χ1v) is 10.8. The zero-order valence-electron chi connectivity index (χ0n) is 17.9. The summed E-state index contributed by atoms with van der Waals surface area (Å²) in [6.07, 6.45) is 4.83. The summed E-state index contributed by atoms with van der Waals surface area (Å²) in [5, 5.41) is 1.01. The van der Waals surface area contributed by atoms with Crippen molar-refractivity contribution >= 4 is 16.8 Å². The van der Waals surface area contributed by atoms with Gasteiger partial charge in [-0.05, 0) is 56.0 Å². The number of aryl methyl sites for hydroxylation is 1. The van der Waals surface area contributed by atoms with Crippen molar-refractivity contribution in [1.82, 2.24) is 14.4 Å². The molecule has 4 rings (SSSR count). The summed E-state index contributed by atoms with van der Waals surface area (Å²) in [4.78, 5) is 17.4. The molecule has 1 saturated heterocycles. The molecule has 0 bridgehead atoms. The third-order valence-electron chi connectivity index (χ3n) is 6.37. The van der Waals surface area contributed by atoms with E-state index in [4.69, 9.17) is 0 Å². The predicted octanol–water partition coefficient (Wildman–Crippen LogP) is 4.34. The van der Waals surface area contributed by atoms with Gasteiger partial charge in [0.2, 0.25) is 0 Å². The van der Waals surface area contributed by atoms with Crippen molar-refractivity contribution in [3.05, 3.63) is 71.7 Å². The number of carbonyl (C=O) groups is 1. The summed E-state index contributed by atoms with van der Waals surface area (Å²) in [6.45, 7) is 3.69. The smallest absolute Gasteiger partial charge is 0.255 e. The highest BCUT2D eigenvalue weighted by Crippen LogP contribution is 2.23. The predicted molar refractivity (Wildman–Crippen MR) is 119 cm³/mol. The molecule has 2 aromatic carbocycles. The van der Waals surface area contributed by atoms with E-state index >= 15 is 0 Å². The molecule has 0 N–H and O–H groups in total. The zero-order valence-corrected chi connectivity index (χ0v) is 17.9. The van der Waals surface area contributed by atoms with Crippen LogP contribution in [-0.4, -0.2) is 53.5 Å². The molecular formula is C25H30FN3O. The first-order valence-electron chi connectivity index (χ1n) is 10.8. The number of amides is 1. The minimum atomic E-state index is -0.110. The van der Waals surface area contributed by atoms with Crippen molar-refractivity contribution in [3.8, 4) is 0 Å². The van der Waals surface area contributed by atoms with Crippen LogP contribution in [0, 0.1) is 11.7 Å². The molecule has 158 valence electrons. The van der Waals surface area contributed by atoms with Gasteiger partial charge >= 0.3 is 0 Å². The van der Waals surface area contributed by atoms with Gasteiger partial charge in [0.25, 0.3) is 5.91 Å². The second-order valence-corrected chi connectivity index (χ2v) is 8.48. The van der Waals surface area contributed by atoms with Crippen molar-refractivity contribution in [2.45, 2.75) is 19.3 Å². The number of benzene rings is 2. The SMILES string of the molecule is CN(CC1CCN(CCc2ccccc2F)CC1)C(=O)c1cn(C)c2ccccc12. The third-order valence-corrected chi connectivity index (χ3v) is 6.37. The number of hydrogen-bond donors (Lipinski definition) is 0. The second kappa shape index (κ2) is 9.00. The highest BCUT2D eigenvalue weighted by Gasteiger charge is 2.24. The quantitative estimate of drug-likeness (QED) is 0.608. The van der Waals surface area contributed by atoms with Crippen LogP contribution < -0.4 is 0 Å². The number of rotatable bonds is 6. The van der Waals surface area contributed by atoms with Gasteiger partial charge in [0, 0.05) is 44.3 Å². The number of halogens is 1. The average molecular weight is 408 g/mol. The third kappa shape index (κ3) is 4.41. The molecular weight excluding hydrogens is 377 g/mol. The van der Waals surface area contributed by atoms with Crippen LogP contribution in [0.4, 0.5) is 4.39 Å². The van der Waals surface area contributed by atoms with Crippen molar-refractivity contribution in [2.75, 3.05) is 33.2 Å². The Morgan fingerprint density at radius 1 is 1.10 bits per heavy atom. The molecule has 1 amide bonds. The second-order valence-electron chi connectivity index (χ2n) is 8.48. The normalized spacial score (nSPS) is 15.6. The van der Waals surface area contributed by atoms with E-state index in [-0.39, 0.29) is 11.7 Å². The molecule has 0 saturated carbocycles. The van der Waals surface area contributed by atoms with E-state index in [9.17, 15) is 9.18 Å². The monoisotopic (exact) mass is 407 g/mol. The van der Waals surface area contributed by atoms with Crippen molar-refractivity contribution in [1.29, 1.82) is 0 Å². The number of hydrogen-bond acceptors (Lipinski definition) is 2. The van der Waals surface area contributed by atoms with Gasteiger partial charge in [-0.25, -0.2) is 4.39 Å². The number of aromatic nitrogens is 1. The maximum Gasteiger partial charge on any atom is 0.255 e. The molecule has 0 aliphatic carbocycles. The fourth-order valence-electron chi connectivity index (χ4n) is 4.56. The highest BCUT2D eigenvalue weighted by molar-refractivity contribution is 6.06. The van der Waals surface area contributed by atoms with E-state index in [2.05, 4.69) is 4.90 Å². The molecule has 2 heterocycles. The van der Waals surface area contributed by atoms with Crippen molar-refractivity contribution < 1.29 is 9.18 Å². The van der Waals surface area contributed by atoms with Crippen LogP contribution in [0.2, 0.25) is 0 Å². The van der Waals surface area contributed by atoms with Gasteiger partial charge in [0.1, 0.15) is 5.82 Å². The molecule has 3 aromatic rings. The fraction of sp³-hybridized carbons (Fsp3) is 0.400. The van der Waals surface area contributed by atoms with Crippen molar-refractivity contribution in [3.63, 3.8) is 0 Å². The fourth-order valence-corrected chi connectivity index (χ4v) is 4.56. The van der Waals surface area contributed by atoms with E-state index < -0.39 is 0 Å². The number of carbonyl (C=O) groups excluding carboxylic acids is 1. The van der Waals surface area contributed by atoms with Crippen LogP contribution >= 0.6 is 0 Å². The molecule has 0 unspecified atom stereocenters. The Labute approximate surface area is 177 Å². The highest BCUT2D eigenvalue weighted by atomic mass is 19.1. The van der Waals surface area contributed by atoms with Crippen LogP contribution in [0.25, 0.3) is 10.9 Å². The summed E-state index contributed by atoms with van der Waals surface area (Å²) in [7, 11) is 3.89. The van der Waals surface area contributed by atoms with Gasteiger partial charge in [0.15, 0.2) is 0 Å². The Bertz CT molecular complexity index is 1020. The van der Waals surface area contributed by atoms with E-state index in [0.717, 1.165) is 67.5 Å². The summed E-state index contributed by atoms with van der Waals surface area (Å²) in [6, 6.07) is 15.1. The lowest BCUT2D eigenvalue weighted by atomic mass is 9.95. The van der Waals surface area contributed by atoms with Gasteiger partial charge in [-0.3, -0.25) is 4.79 Å². The van der Waals surface area contributed by atoms with Gasteiger partial charge in [-0.1, -0.05) is 36.4 Å². The van der Waals surface area contributed by atoms with Gasteiger partial charge in [0.05, 0.1) is 5.56 Å². The molecule has 1 aliphatic rings. The summed E-state index contributed by atoms with van der Waals surface area (Å²) in [5.74, 6) is 0.494. The molecule has 5 heteroatoms. The molecule has 1 aliphatic heterocycles. The van der Waals surface area contributed by atoms with Gasteiger partial charge < -0.3 is 14.4 Å². The topological polar surface area (TPSA) is 28.5 Å². The lowest BCUT2D eigenvalue weighted by Crippen LogP contribution is -2.40. The first-order chi connectivity index (χ1) is 14.5. The lowest BCUT2D eigenvalue weighted by Gasteiger charge is -2.34. The molecule has 4 nitrogen and oxygen atoms in total. The van der Waals surface area contributed by atoms with Crippen LogP contribution in [0.1, 0.15) is 28.8 Å². The molecule has 0 radical (unpaired) electrons. The Hall–Kier alpha value is -2.66. The number of nitrogens with zero attached hydrogens (tertiary/aromatic N) is 3. The van der Waals surface area contributed by atoms with Crippen LogP contribution in [0.15, 0.2) is 54.7 Å². The lowest BCUT2D eigenvalue weighted by molar-refractivity contribution is 0.0742. The molecule has 30 heavy (non-hydrogen) atoms. The summed E-state index contributed by atoms with van der Waals surface area (Å²) >= 11 is 0. The van der Waals surface area contributed by atoms with Crippen LogP contribution in [-0.2, 0) is 13.5 Å². The number of fused-ring (bicyclic) bond motifs is 1. The van der Waals surface area contributed by atoms with E-state index in [1.165, 1.54) is 6.07 Å². The number of likely N-dealkylation sites (tertiary alicyclic amines) is 1. The molecule has 1 fully saturated rings. The molecule has 1 aromatic heterocycles. The Balaban J connectivity index is 1.29. The zero-order chi connectivity index (χ0) is 21.1. The Morgan fingerprint density at radius 2 is 1.80 bits per heavy atom. The van der Waals surface area contributed by atoms with E-state index in [1.54, 1.807) is 6.07 Å². The van der Waals surface area contributed by atoms with Crippen molar-refractivity contribution in [2.24, 2.45) is 13.0 Å². The number of piperidine rings is 1. The van der Waals surface area contributed by atoms with E-state index in [0.29, 0.717) is 5.92 Å². The largest absolute Gasteiger partial charge is 0.350 e. The minimum absolute atomic E-state index is 0.0915. The average Bonchev–Trinajstić information content (AvgIpc) is 3.10. The van der Waals surface area contributed by atoms with Crippen LogP contribution in [0.5, 0.6) is 0 Å². The first kappa shape index (κ1) is 20.6. The minimum Gasteiger partial charge on any atom is -0.350 e. The maximum atomic E-state index is 13.8. The Kier molecular flexibility index (Phi) is 6.18. The summed E-state index contributed by atoms with van der Waals surface area (Å²) in [5.41, 5.74) is 2.65. The van der Waals surface area contributed by atoms with Gasteiger partial charge in [-0.2, -0.15) is 0 Å². The molecule has 0 atom stereocenters. The molecule has 0 spiro atoms. The van der Waals surface area contributed by atoms with E-state index in [1.807, 2.05) is 66.2 Å². The summed E-state index contributed by atoms with van der Waals surface area (Å²) < 4.78 is 15.8. The standard InChI is InChI=1S/C25H30FN3O/c1-27-18-22(21-8-4-6-10-24(21)27)25(30)28(2)17-19-11-14-29(15-12-19)16-13-20-7-3-5-9-23(20)26/h3-10,18-19H,11-17H2,1-2H3. The number of para-hydroxylation sites is 1. The maximum absolute atomic E-state index is 13.8. The van der Waals surface area contributed by atoms with Gasteiger partial charge in [-0.15, -0.1) is 0 Å². The Morgan fingerprint density at radius 3 is 2.57 bits per heavy atom. The van der Waals surface area contributed by atoms with Crippen LogP contribution in [0.3, 0.4) is 0 Å².